The second-order valence-electron chi connectivity index (χ2n) is 4.78. The average molecular weight is 289 g/mol. The first-order valence-corrected chi connectivity index (χ1v) is 7.20. The Morgan fingerprint density at radius 1 is 1.29 bits per heavy atom. The molecule has 112 valence electrons. The predicted octanol–water partition coefficient (Wildman–Crippen LogP) is 1.08. The van der Waals surface area contributed by atoms with Gasteiger partial charge in [0.1, 0.15) is 0 Å². The topological polar surface area (TPSA) is 89.8 Å². The lowest BCUT2D eigenvalue weighted by Gasteiger charge is -2.12. The predicted molar refractivity (Wildman–Crippen MR) is 78.6 cm³/mol. The number of aromatic nitrogens is 5. The number of rotatable bonds is 6. The first-order chi connectivity index (χ1) is 10.3. The summed E-state index contributed by atoms with van der Waals surface area (Å²) in [4.78, 5) is 13.1. The summed E-state index contributed by atoms with van der Waals surface area (Å²) in [5.74, 6) is 1.55. The van der Waals surface area contributed by atoms with Crippen LogP contribution in [0.15, 0.2) is 18.5 Å². The number of nitrogens with one attached hydrogen (secondary N) is 2. The minimum absolute atomic E-state index is 0.234. The summed E-state index contributed by atoms with van der Waals surface area (Å²) in [5.41, 5.74) is 0. The van der Waals surface area contributed by atoms with E-state index in [1.165, 1.54) is 0 Å². The number of ether oxygens (including phenoxy) is 1. The van der Waals surface area contributed by atoms with E-state index < -0.39 is 0 Å². The highest BCUT2D eigenvalue weighted by molar-refractivity contribution is 5.37. The van der Waals surface area contributed by atoms with E-state index in [-0.39, 0.29) is 6.10 Å². The Hall–Kier alpha value is -2.22. The van der Waals surface area contributed by atoms with E-state index >= 15 is 0 Å². The molecule has 0 aliphatic carbocycles. The number of hydrogen-bond donors (Lipinski definition) is 2. The lowest BCUT2D eigenvalue weighted by Crippen LogP contribution is -2.21. The van der Waals surface area contributed by atoms with Crippen LogP contribution in [0, 0.1) is 0 Å². The van der Waals surface area contributed by atoms with Crippen LogP contribution < -0.4 is 10.6 Å². The fourth-order valence-electron chi connectivity index (χ4n) is 2.18. The molecule has 0 amide bonds. The van der Waals surface area contributed by atoms with Gasteiger partial charge in [0.25, 0.3) is 5.95 Å². The fourth-order valence-corrected chi connectivity index (χ4v) is 2.18. The van der Waals surface area contributed by atoms with Gasteiger partial charge in [0.05, 0.1) is 6.10 Å². The van der Waals surface area contributed by atoms with Gasteiger partial charge in [0, 0.05) is 32.1 Å². The zero-order valence-corrected chi connectivity index (χ0v) is 12.0. The molecule has 1 aliphatic heterocycles. The second kappa shape index (κ2) is 6.49. The molecule has 1 unspecified atom stereocenters. The van der Waals surface area contributed by atoms with Crippen molar-refractivity contribution >= 4 is 11.9 Å². The molecule has 1 atom stereocenters. The number of hydrogen-bond acceptors (Lipinski definition) is 7. The van der Waals surface area contributed by atoms with Crippen molar-refractivity contribution in [2.75, 3.05) is 30.3 Å². The van der Waals surface area contributed by atoms with Gasteiger partial charge in [-0.05, 0) is 25.8 Å². The van der Waals surface area contributed by atoms with Crippen LogP contribution in [0.2, 0.25) is 0 Å². The lowest BCUT2D eigenvalue weighted by molar-refractivity contribution is 0.120. The molecule has 21 heavy (non-hydrogen) atoms. The molecule has 0 radical (unpaired) electrons. The molecule has 3 heterocycles. The van der Waals surface area contributed by atoms with Gasteiger partial charge in [-0.15, -0.1) is 0 Å². The van der Waals surface area contributed by atoms with E-state index in [0.29, 0.717) is 24.4 Å². The first-order valence-electron chi connectivity index (χ1n) is 7.20. The molecule has 3 rings (SSSR count). The molecular formula is C13H19N7O. The van der Waals surface area contributed by atoms with Crippen molar-refractivity contribution in [2.45, 2.75) is 25.9 Å². The van der Waals surface area contributed by atoms with Gasteiger partial charge in [-0.1, -0.05) is 0 Å². The molecule has 2 aromatic heterocycles. The Labute approximate surface area is 123 Å². The van der Waals surface area contributed by atoms with Gasteiger partial charge in [-0.3, -0.25) is 0 Å². The van der Waals surface area contributed by atoms with Gasteiger partial charge in [-0.25, -0.2) is 4.68 Å². The zero-order chi connectivity index (χ0) is 14.5. The number of anilines is 2. The van der Waals surface area contributed by atoms with Crippen molar-refractivity contribution in [2.24, 2.45) is 0 Å². The Bertz CT molecular complexity index is 566. The van der Waals surface area contributed by atoms with E-state index in [1.54, 1.807) is 17.1 Å². The smallest absolute Gasteiger partial charge is 0.257 e. The van der Waals surface area contributed by atoms with Crippen molar-refractivity contribution in [3.05, 3.63) is 18.5 Å². The molecule has 0 aromatic carbocycles. The zero-order valence-electron chi connectivity index (χ0n) is 12.0. The lowest BCUT2D eigenvalue weighted by atomic mass is 10.2. The maximum Gasteiger partial charge on any atom is 0.257 e. The summed E-state index contributed by atoms with van der Waals surface area (Å²) >= 11 is 0. The Morgan fingerprint density at radius 2 is 2.14 bits per heavy atom. The third-order valence-corrected chi connectivity index (χ3v) is 3.18. The second-order valence-corrected chi connectivity index (χ2v) is 4.78. The van der Waals surface area contributed by atoms with Gasteiger partial charge in [0.15, 0.2) is 0 Å². The SMILES string of the molecule is CCNc1nc(NCC2CCCO2)nc(-n2cccn2)n1. The minimum atomic E-state index is 0.234. The quantitative estimate of drug-likeness (QED) is 0.822. The van der Waals surface area contributed by atoms with Crippen LogP contribution in [0.4, 0.5) is 11.9 Å². The summed E-state index contributed by atoms with van der Waals surface area (Å²) in [5, 5.41) is 10.5. The van der Waals surface area contributed by atoms with Crippen LogP contribution in [0.1, 0.15) is 19.8 Å². The summed E-state index contributed by atoms with van der Waals surface area (Å²) < 4.78 is 7.20. The maximum absolute atomic E-state index is 5.59. The molecule has 8 nitrogen and oxygen atoms in total. The summed E-state index contributed by atoms with van der Waals surface area (Å²) in [7, 11) is 0. The average Bonchev–Trinajstić information content (AvgIpc) is 3.19. The largest absolute Gasteiger partial charge is 0.376 e. The molecule has 0 spiro atoms. The van der Waals surface area contributed by atoms with Crippen LogP contribution in [0.25, 0.3) is 5.95 Å². The van der Waals surface area contributed by atoms with Crippen LogP contribution >= 0.6 is 0 Å². The van der Waals surface area contributed by atoms with Gasteiger partial charge >= 0.3 is 0 Å². The van der Waals surface area contributed by atoms with Crippen LogP contribution in [0.5, 0.6) is 0 Å². The molecular weight excluding hydrogens is 270 g/mol. The molecule has 2 N–H and O–H groups in total. The summed E-state index contributed by atoms with van der Waals surface area (Å²) in [6, 6.07) is 1.83. The molecule has 1 saturated heterocycles. The Balaban J connectivity index is 1.77. The van der Waals surface area contributed by atoms with Gasteiger partial charge in [0.2, 0.25) is 11.9 Å². The summed E-state index contributed by atoms with van der Waals surface area (Å²) in [6.45, 7) is 4.28. The monoisotopic (exact) mass is 289 g/mol. The van der Waals surface area contributed by atoms with Crippen LogP contribution in [-0.2, 0) is 4.74 Å². The van der Waals surface area contributed by atoms with Crippen molar-refractivity contribution in [1.82, 2.24) is 24.7 Å². The molecule has 2 aromatic rings. The third-order valence-electron chi connectivity index (χ3n) is 3.18. The van der Waals surface area contributed by atoms with Crippen molar-refractivity contribution in [3.8, 4) is 5.95 Å². The molecule has 0 bridgehead atoms. The highest BCUT2D eigenvalue weighted by Crippen LogP contribution is 2.13. The van der Waals surface area contributed by atoms with E-state index in [1.807, 2.05) is 13.0 Å². The van der Waals surface area contributed by atoms with Crippen molar-refractivity contribution < 1.29 is 4.74 Å². The van der Waals surface area contributed by atoms with E-state index in [4.69, 9.17) is 4.74 Å². The Kier molecular flexibility index (Phi) is 4.25. The van der Waals surface area contributed by atoms with Gasteiger partial charge in [-0.2, -0.15) is 20.1 Å². The standard InChI is InChI=1S/C13H19N7O/c1-2-14-11-17-12(15-9-10-5-3-8-21-10)19-13(18-11)20-7-4-6-16-20/h4,6-7,10H,2-3,5,8-9H2,1H3,(H2,14,15,17,18,19). The maximum atomic E-state index is 5.59. The first kappa shape index (κ1) is 13.7. The normalized spacial score (nSPS) is 17.9. The van der Waals surface area contributed by atoms with E-state index in [9.17, 15) is 0 Å². The number of nitrogens with zero attached hydrogens (tertiary/aromatic N) is 5. The molecule has 1 aliphatic rings. The highest BCUT2D eigenvalue weighted by atomic mass is 16.5. The third kappa shape index (κ3) is 3.46. The van der Waals surface area contributed by atoms with Gasteiger partial charge < -0.3 is 15.4 Å². The molecule has 8 heteroatoms. The molecule has 0 saturated carbocycles. The molecule has 1 fully saturated rings. The minimum Gasteiger partial charge on any atom is -0.376 e. The van der Waals surface area contributed by atoms with Crippen LogP contribution in [0.3, 0.4) is 0 Å². The van der Waals surface area contributed by atoms with Crippen LogP contribution in [-0.4, -0.2) is 50.5 Å². The van der Waals surface area contributed by atoms with Crippen molar-refractivity contribution in [3.63, 3.8) is 0 Å². The fraction of sp³-hybridized carbons (Fsp3) is 0.538. The Morgan fingerprint density at radius 3 is 2.81 bits per heavy atom. The summed E-state index contributed by atoms with van der Waals surface area (Å²) in [6.07, 6.45) is 5.91. The van der Waals surface area contributed by atoms with E-state index in [0.717, 1.165) is 26.0 Å². The highest BCUT2D eigenvalue weighted by Gasteiger charge is 2.16. The van der Waals surface area contributed by atoms with E-state index in [2.05, 4.69) is 30.7 Å². The van der Waals surface area contributed by atoms with Crippen molar-refractivity contribution in [1.29, 1.82) is 0 Å².